The van der Waals surface area contributed by atoms with Crippen molar-refractivity contribution >= 4 is 22.0 Å². The Labute approximate surface area is 98.4 Å². The standard InChI is InChI=1S/C8H11N3O.H2O4S/c1-11(8(9)10)6-2-4-7(12)5-3-6;1-5(2,3)4/h2-5,12H,1H3,(H3,9,10);(H2,1,2,3,4). The van der Waals surface area contributed by atoms with Gasteiger partial charge in [0.15, 0.2) is 5.96 Å². The van der Waals surface area contributed by atoms with E-state index in [0.29, 0.717) is 0 Å². The van der Waals surface area contributed by atoms with Gasteiger partial charge in [-0.15, -0.1) is 0 Å². The van der Waals surface area contributed by atoms with Crippen LogP contribution in [0, 0.1) is 5.41 Å². The molecule has 1 rings (SSSR count). The topological polar surface area (TPSA) is 148 Å². The van der Waals surface area contributed by atoms with Gasteiger partial charge in [-0.2, -0.15) is 8.42 Å². The minimum atomic E-state index is -4.67. The molecule has 0 spiro atoms. The number of guanidine groups is 1. The maximum Gasteiger partial charge on any atom is 0.394 e. The number of phenols is 1. The molecule has 6 N–H and O–H groups in total. The molecule has 0 saturated heterocycles. The first-order valence-corrected chi connectivity index (χ1v) is 5.57. The van der Waals surface area contributed by atoms with Crippen LogP contribution in [-0.2, 0) is 10.4 Å². The van der Waals surface area contributed by atoms with Crippen LogP contribution in [0.1, 0.15) is 0 Å². The summed E-state index contributed by atoms with van der Waals surface area (Å²) in [6.45, 7) is 0. The SMILES string of the molecule is CN(C(=N)N)c1ccc(O)cc1.O=S(=O)(O)O. The molecule has 0 aliphatic carbocycles. The van der Waals surface area contributed by atoms with Crippen molar-refractivity contribution in [2.75, 3.05) is 11.9 Å². The molecule has 0 bridgehead atoms. The predicted octanol–water partition coefficient (Wildman–Crippen LogP) is 0.0691. The number of anilines is 1. The Kier molecular flexibility index (Phi) is 5.38. The monoisotopic (exact) mass is 263 g/mol. The highest BCUT2D eigenvalue weighted by atomic mass is 32.3. The van der Waals surface area contributed by atoms with Gasteiger partial charge in [-0.1, -0.05) is 0 Å². The fourth-order valence-electron chi connectivity index (χ4n) is 0.815. The zero-order valence-electron chi connectivity index (χ0n) is 8.90. The van der Waals surface area contributed by atoms with E-state index in [9.17, 15) is 0 Å². The maximum absolute atomic E-state index is 8.97. The Morgan fingerprint density at radius 3 is 1.94 bits per heavy atom. The quantitative estimate of drug-likeness (QED) is 0.273. The summed E-state index contributed by atoms with van der Waals surface area (Å²) < 4.78 is 31.6. The highest BCUT2D eigenvalue weighted by Gasteiger charge is 2.01. The van der Waals surface area contributed by atoms with E-state index in [2.05, 4.69) is 0 Å². The normalized spacial score (nSPS) is 10.1. The second-order valence-electron chi connectivity index (χ2n) is 2.91. The Bertz CT molecular complexity index is 462. The molecule has 1 aromatic carbocycles. The molecule has 0 atom stereocenters. The highest BCUT2D eigenvalue weighted by molar-refractivity contribution is 7.79. The molecule has 0 aliphatic rings. The van der Waals surface area contributed by atoms with E-state index in [-0.39, 0.29) is 11.7 Å². The fourth-order valence-corrected chi connectivity index (χ4v) is 0.815. The summed E-state index contributed by atoms with van der Waals surface area (Å²) in [5, 5.41) is 16.1. The summed E-state index contributed by atoms with van der Waals surface area (Å²) in [6.07, 6.45) is 0. The summed E-state index contributed by atoms with van der Waals surface area (Å²) in [4.78, 5) is 1.51. The number of nitrogens with two attached hydrogens (primary N) is 1. The van der Waals surface area contributed by atoms with E-state index < -0.39 is 10.4 Å². The van der Waals surface area contributed by atoms with Crippen molar-refractivity contribution in [1.82, 2.24) is 0 Å². The Morgan fingerprint density at radius 2 is 1.65 bits per heavy atom. The Balaban J connectivity index is 0.000000437. The van der Waals surface area contributed by atoms with E-state index in [0.717, 1.165) is 5.69 Å². The molecule has 0 saturated carbocycles. The van der Waals surface area contributed by atoms with Crippen LogP contribution in [0.2, 0.25) is 0 Å². The molecule has 1 aromatic rings. The van der Waals surface area contributed by atoms with Crippen molar-refractivity contribution in [2.24, 2.45) is 5.73 Å². The summed E-state index contributed by atoms with van der Waals surface area (Å²) in [6, 6.07) is 6.48. The van der Waals surface area contributed by atoms with Crippen LogP contribution in [0.5, 0.6) is 5.75 Å². The first-order valence-electron chi connectivity index (χ1n) is 4.18. The van der Waals surface area contributed by atoms with Crippen LogP contribution in [0.4, 0.5) is 5.69 Å². The smallest absolute Gasteiger partial charge is 0.394 e. The van der Waals surface area contributed by atoms with E-state index in [1.807, 2.05) is 0 Å². The zero-order valence-corrected chi connectivity index (χ0v) is 9.72. The van der Waals surface area contributed by atoms with E-state index in [4.69, 9.17) is 33.8 Å². The van der Waals surface area contributed by atoms with Gasteiger partial charge in [-0.25, -0.2) is 0 Å². The van der Waals surface area contributed by atoms with E-state index in [1.165, 1.54) is 4.90 Å². The lowest BCUT2D eigenvalue weighted by atomic mass is 10.3. The molecule has 17 heavy (non-hydrogen) atoms. The lowest BCUT2D eigenvalue weighted by Crippen LogP contribution is -2.32. The van der Waals surface area contributed by atoms with Gasteiger partial charge in [0.25, 0.3) is 0 Å². The number of benzene rings is 1. The molecule has 0 amide bonds. The van der Waals surface area contributed by atoms with Crippen LogP contribution < -0.4 is 10.6 Å². The average molecular weight is 263 g/mol. The molecular formula is C8H13N3O5S. The van der Waals surface area contributed by atoms with Crippen LogP contribution in [0.3, 0.4) is 0 Å². The van der Waals surface area contributed by atoms with Gasteiger partial charge in [-0.3, -0.25) is 14.5 Å². The van der Waals surface area contributed by atoms with Crippen LogP contribution in [0.15, 0.2) is 24.3 Å². The second kappa shape index (κ2) is 6.03. The molecule has 96 valence electrons. The van der Waals surface area contributed by atoms with Gasteiger partial charge in [-0.05, 0) is 24.3 Å². The Hall–Kier alpha value is -1.84. The summed E-state index contributed by atoms with van der Waals surface area (Å²) in [7, 11) is -2.98. The van der Waals surface area contributed by atoms with Crippen LogP contribution >= 0.6 is 0 Å². The van der Waals surface area contributed by atoms with Crippen molar-refractivity contribution in [2.45, 2.75) is 0 Å². The molecule has 0 fully saturated rings. The Morgan fingerprint density at radius 1 is 1.29 bits per heavy atom. The minimum Gasteiger partial charge on any atom is -0.508 e. The van der Waals surface area contributed by atoms with Crippen molar-refractivity contribution < 1.29 is 22.6 Å². The van der Waals surface area contributed by atoms with Gasteiger partial charge in [0.2, 0.25) is 0 Å². The summed E-state index contributed by atoms with van der Waals surface area (Å²) >= 11 is 0. The number of rotatable bonds is 1. The van der Waals surface area contributed by atoms with Crippen molar-refractivity contribution in [3.05, 3.63) is 24.3 Å². The lowest BCUT2D eigenvalue weighted by Gasteiger charge is -2.16. The number of nitrogens with one attached hydrogen (secondary N) is 1. The molecule has 0 aromatic heterocycles. The van der Waals surface area contributed by atoms with Gasteiger partial charge in [0, 0.05) is 12.7 Å². The zero-order chi connectivity index (χ0) is 13.6. The third kappa shape index (κ3) is 8.02. The number of hydrogen-bond acceptors (Lipinski definition) is 4. The van der Waals surface area contributed by atoms with Gasteiger partial charge in [0.05, 0.1) is 0 Å². The molecular weight excluding hydrogens is 250 g/mol. The maximum atomic E-state index is 8.97. The van der Waals surface area contributed by atoms with Gasteiger partial charge in [0.1, 0.15) is 5.75 Å². The first-order chi connectivity index (χ1) is 7.61. The molecule has 0 heterocycles. The minimum absolute atomic E-state index is 0.0271. The molecule has 8 nitrogen and oxygen atoms in total. The van der Waals surface area contributed by atoms with Crippen LogP contribution in [0.25, 0.3) is 0 Å². The highest BCUT2D eigenvalue weighted by Crippen LogP contribution is 2.16. The molecule has 0 radical (unpaired) electrons. The van der Waals surface area contributed by atoms with Gasteiger partial charge >= 0.3 is 10.4 Å². The van der Waals surface area contributed by atoms with Crippen molar-refractivity contribution in [3.63, 3.8) is 0 Å². The predicted molar refractivity (Wildman–Crippen MR) is 62.6 cm³/mol. The first kappa shape index (κ1) is 15.2. The molecule has 9 heteroatoms. The number of phenolic OH excluding ortho intramolecular Hbond substituents is 1. The largest absolute Gasteiger partial charge is 0.508 e. The number of nitrogens with zero attached hydrogens (tertiary/aromatic N) is 1. The molecule has 0 unspecified atom stereocenters. The third-order valence-corrected chi connectivity index (χ3v) is 1.60. The van der Waals surface area contributed by atoms with Crippen molar-refractivity contribution in [1.29, 1.82) is 5.41 Å². The average Bonchev–Trinajstić information content (AvgIpc) is 2.15. The second-order valence-corrected chi connectivity index (χ2v) is 3.80. The van der Waals surface area contributed by atoms with Crippen LogP contribution in [-0.4, -0.2) is 35.6 Å². The number of aromatic hydroxyl groups is 1. The third-order valence-electron chi connectivity index (χ3n) is 1.60. The number of hydrogen-bond donors (Lipinski definition) is 5. The van der Waals surface area contributed by atoms with E-state index >= 15 is 0 Å². The van der Waals surface area contributed by atoms with E-state index in [1.54, 1.807) is 31.3 Å². The summed E-state index contributed by atoms with van der Waals surface area (Å²) in [5.74, 6) is 0.177. The fraction of sp³-hybridized carbons (Fsp3) is 0.125. The lowest BCUT2D eigenvalue weighted by molar-refractivity contribution is 0.381. The van der Waals surface area contributed by atoms with Gasteiger partial charge < -0.3 is 15.7 Å². The molecule has 0 aliphatic heterocycles. The summed E-state index contributed by atoms with van der Waals surface area (Å²) in [5.41, 5.74) is 6.03. The van der Waals surface area contributed by atoms with Crippen molar-refractivity contribution in [3.8, 4) is 5.75 Å².